The van der Waals surface area contributed by atoms with Gasteiger partial charge >= 0.3 is 0 Å². The van der Waals surface area contributed by atoms with Crippen LogP contribution in [0, 0.1) is 13.8 Å². The first kappa shape index (κ1) is 17.0. The summed E-state index contributed by atoms with van der Waals surface area (Å²) in [6, 6.07) is 5.81. The number of anilines is 1. The average Bonchev–Trinajstić information content (AvgIpc) is 2.53. The van der Waals surface area contributed by atoms with Crippen LogP contribution in [0.25, 0.3) is 0 Å². The molecule has 23 heavy (non-hydrogen) atoms. The predicted molar refractivity (Wildman–Crippen MR) is 88.2 cm³/mol. The average molecular weight is 317 g/mol. The van der Waals surface area contributed by atoms with Crippen molar-refractivity contribution in [3.8, 4) is 0 Å². The number of nitrogens with zero attached hydrogens (tertiary/aromatic N) is 3. The minimum Gasteiger partial charge on any atom is -0.342 e. The van der Waals surface area contributed by atoms with E-state index < -0.39 is 0 Å². The summed E-state index contributed by atoms with van der Waals surface area (Å²) in [4.78, 5) is 40.2. The number of hydrogen-bond acceptors (Lipinski definition) is 3. The van der Waals surface area contributed by atoms with Crippen LogP contribution >= 0.6 is 0 Å². The molecule has 0 spiro atoms. The topological polar surface area (TPSA) is 60.9 Å². The van der Waals surface area contributed by atoms with E-state index in [-0.39, 0.29) is 18.4 Å². The molecule has 2 rings (SSSR count). The Morgan fingerprint density at radius 3 is 2.17 bits per heavy atom. The molecule has 1 aliphatic rings. The second kappa shape index (κ2) is 7.26. The Kier molecular flexibility index (Phi) is 5.36. The van der Waals surface area contributed by atoms with E-state index in [4.69, 9.17) is 0 Å². The fourth-order valence-electron chi connectivity index (χ4n) is 2.89. The quantitative estimate of drug-likeness (QED) is 0.777. The van der Waals surface area contributed by atoms with Gasteiger partial charge in [-0.25, -0.2) is 0 Å². The standard InChI is InChI=1S/C17H23N3O3/c1-13-5-4-6-14(2)17(13)20(15(3)22)11-16(23)19-9-7-18(12-21)8-10-19/h4-6,12H,7-11H2,1-3H3. The van der Waals surface area contributed by atoms with Crippen molar-refractivity contribution in [3.05, 3.63) is 29.3 Å². The predicted octanol–water partition coefficient (Wildman–Crippen LogP) is 0.957. The van der Waals surface area contributed by atoms with Gasteiger partial charge in [0.25, 0.3) is 0 Å². The molecule has 0 aromatic heterocycles. The van der Waals surface area contributed by atoms with Gasteiger partial charge < -0.3 is 14.7 Å². The molecule has 1 aromatic rings. The summed E-state index contributed by atoms with van der Waals surface area (Å²) < 4.78 is 0. The summed E-state index contributed by atoms with van der Waals surface area (Å²) in [7, 11) is 0. The highest BCUT2D eigenvalue weighted by Gasteiger charge is 2.25. The first-order chi connectivity index (χ1) is 10.9. The summed E-state index contributed by atoms with van der Waals surface area (Å²) in [6.45, 7) is 7.48. The van der Waals surface area contributed by atoms with Crippen LogP contribution in [0.15, 0.2) is 18.2 Å². The van der Waals surface area contributed by atoms with E-state index in [1.54, 1.807) is 14.7 Å². The van der Waals surface area contributed by atoms with E-state index in [1.165, 1.54) is 6.92 Å². The van der Waals surface area contributed by atoms with Crippen molar-refractivity contribution in [2.45, 2.75) is 20.8 Å². The molecule has 3 amide bonds. The lowest BCUT2D eigenvalue weighted by atomic mass is 10.1. The first-order valence-corrected chi connectivity index (χ1v) is 7.75. The van der Waals surface area contributed by atoms with E-state index in [2.05, 4.69) is 0 Å². The van der Waals surface area contributed by atoms with Crippen LogP contribution in [-0.4, -0.2) is 60.7 Å². The molecule has 1 heterocycles. The molecule has 1 aliphatic heterocycles. The third-order valence-corrected chi connectivity index (χ3v) is 4.20. The normalized spacial score (nSPS) is 14.6. The van der Waals surface area contributed by atoms with Crippen LogP contribution in [-0.2, 0) is 14.4 Å². The van der Waals surface area contributed by atoms with Crippen molar-refractivity contribution in [3.63, 3.8) is 0 Å². The van der Waals surface area contributed by atoms with Gasteiger partial charge in [-0.3, -0.25) is 14.4 Å². The van der Waals surface area contributed by atoms with E-state index >= 15 is 0 Å². The highest BCUT2D eigenvalue weighted by atomic mass is 16.2. The molecule has 1 aromatic carbocycles. The number of carbonyl (C=O) groups is 3. The molecule has 0 aliphatic carbocycles. The first-order valence-electron chi connectivity index (χ1n) is 7.75. The Bertz CT molecular complexity index is 587. The number of benzene rings is 1. The second-order valence-electron chi connectivity index (χ2n) is 5.87. The van der Waals surface area contributed by atoms with Crippen LogP contribution in [0.1, 0.15) is 18.1 Å². The zero-order valence-electron chi connectivity index (χ0n) is 13.9. The van der Waals surface area contributed by atoms with E-state index in [0.29, 0.717) is 26.2 Å². The zero-order valence-corrected chi connectivity index (χ0v) is 13.9. The number of piperazine rings is 1. The minimum atomic E-state index is -0.151. The molecule has 0 atom stereocenters. The number of carbonyl (C=O) groups excluding carboxylic acids is 3. The molecule has 0 saturated carbocycles. The highest BCUT2D eigenvalue weighted by Crippen LogP contribution is 2.24. The third-order valence-electron chi connectivity index (χ3n) is 4.20. The maximum Gasteiger partial charge on any atom is 0.242 e. The molecule has 0 unspecified atom stereocenters. The summed E-state index contributed by atoms with van der Waals surface area (Å²) in [5.74, 6) is -0.240. The Morgan fingerprint density at radius 1 is 1.13 bits per heavy atom. The van der Waals surface area contributed by atoms with Crippen molar-refractivity contribution in [1.29, 1.82) is 0 Å². The molecule has 0 bridgehead atoms. The van der Waals surface area contributed by atoms with Gasteiger partial charge in [0.05, 0.1) is 5.69 Å². The summed E-state index contributed by atoms with van der Waals surface area (Å²) in [6.07, 6.45) is 0.806. The summed E-state index contributed by atoms with van der Waals surface area (Å²) in [5.41, 5.74) is 2.75. The number of amides is 3. The van der Waals surface area contributed by atoms with Gasteiger partial charge in [0.1, 0.15) is 6.54 Å². The SMILES string of the molecule is CC(=O)N(CC(=O)N1CCN(C=O)CC1)c1c(C)cccc1C. The fraction of sp³-hybridized carbons (Fsp3) is 0.471. The van der Waals surface area contributed by atoms with Crippen molar-refractivity contribution in [2.24, 2.45) is 0 Å². The summed E-state index contributed by atoms with van der Waals surface area (Å²) >= 11 is 0. The van der Waals surface area contributed by atoms with Gasteiger partial charge in [0, 0.05) is 33.1 Å². The van der Waals surface area contributed by atoms with E-state index in [0.717, 1.165) is 23.2 Å². The number of para-hydroxylation sites is 1. The van der Waals surface area contributed by atoms with Gasteiger partial charge in [-0.1, -0.05) is 18.2 Å². The van der Waals surface area contributed by atoms with Gasteiger partial charge in [0.15, 0.2) is 0 Å². The van der Waals surface area contributed by atoms with Crippen molar-refractivity contribution < 1.29 is 14.4 Å². The fourth-order valence-corrected chi connectivity index (χ4v) is 2.89. The van der Waals surface area contributed by atoms with Crippen LogP contribution < -0.4 is 4.90 Å². The van der Waals surface area contributed by atoms with Crippen LogP contribution in [0.2, 0.25) is 0 Å². The molecule has 0 radical (unpaired) electrons. The molecule has 124 valence electrons. The van der Waals surface area contributed by atoms with Gasteiger partial charge in [-0.05, 0) is 25.0 Å². The smallest absolute Gasteiger partial charge is 0.242 e. The molecule has 1 fully saturated rings. The second-order valence-corrected chi connectivity index (χ2v) is 5.87. The highest BCUT2D eigenvalue weighted by molar-refractivity contribution is 5.98. The Balaban J connectivity index is 2.13. The number of hydrogen-bond donors (Lipinski definition) is 0. The maximum absolute atomic E-state index is 12.5. The molecule has 6 nitrogen and oxygen atoms in total. The van der Waals surface area contributed by atoms with E-state index in [1.807, 2.05) is 32.0 Å². The van der Waals surface area contributed by atoms with E-state index in [9.17, 15) is 14.4 Å². The number of rotatable bonds is 4. The lowest BCUT2D eigenvalue weighted by Gasteiger charge is -2.34. The Hall–Kier alpha value is -2.37. The Morgan fingerprint density at radius 2 is 1.70 bits per heavy atom. The molecular formula is C17H23N3O3. The monoisotopic (exact) mass is 317 g/mol. The zero-order chi connectivity index (χ0) is 17.0. The van der Waals surface area contributed by atoms with Crippen molar-refractivity contribution in [2.75, 3.05) is 37.6 Å². The van der Waals surface area contributed by atoms with Gasteiger partial charge in [-0.15, -0.1) is 0 Å². The third kappa shape index (κ3) is 3.88. The lowest BCUT2D eigenvalue weighted by molar-refractivity contribution is -0.134. The maximum atomic E-state index is 12.5. The molecule has 1 saturated heterocycles. The van der Waals surface area contributed by atoms with Crippen LogP contribution in [0.3, 0.4) is 0 Å². The van der Waals surface area contributed by atoms with Gasteiger partial charge in [-0.2, -0.15) is 0 Å². The van der Waals surface area contributed by atoms with Crippen LogP contribution in [0.5, 0.6) is 0 Å². The van der Waals surface area contributed by atoms with Crippen LogP contribution in [0.4, 0.5) is 5.69 Å². The largest absolute Gasteiger partial charge is 0.342 e. The Labute approximate surface area is 136 Å². The van der Waals surface area contributed by atoms with Crippen molar-refractivity contribution >= 4 is 23.9 Å². The molecule has 0 N–H and O–H groups in total. The summed E-state index contributed by atoms with van der Waals surface area (Å²) in [5, 5.41) is 0. The van der Waals surface area contributed by atoms with Crippen molar-refractivity contribution in [1.82, 2.24) is 9.80 Å². The molecule has 6 heteroatoms. The van der Waals surface area contributed by atoms with Gasteiger partial charge in [0.2, 0.25) is 18.2 Å². The molecular weight excluding hydrogens is 294 g/mol. The lowest BCUT2D eigenvalue weighted by Crippen LogP contribution is -2.51. The number of aryl methyl sites for hydroxylation is 2. The minimum absolute atomic E-state index is 0.0299.